The van der Waals surface area contributed by atoms with Crippen LogP contribution in [-0.2, 0) is 9.59 Å². The number of aromatic nitrogens is 1. The Hall–Kier alpha value is -2.93. The number of nitrogens with one attached hydrogen (secondary N) is 2. The molecule has 1 heterocycles. The summed E-state index contributed by atoms with van der Waals surface area (Å²) in [5, 5.41) is 15.5. The van der Waals surface area contributed by atoms with Crippen LogP contribution in [0.3, 0.4) is 0 Å². The van der Waals surface area contributed by atoms with Crippen LogP contribution < -0.4 is 15.4 Å². The minimum atomic E-state index is -1.72. The van der Waals surface area contributed by atoms with Gasteiger partial charge in [-0.15, -0.1) is 0 Å². The van der Waals surface area contributed by atoms with Gasteiger partial charge in [-0.1, -0.05) is 0 Å². The molecular weight excluding hydrogens is 310 g/mol. The number of carbonyl (C=O) groups excluding carboxylic acids is 2. The van der Waals surface area contributed by atoms with E-state index in [-0.39, 0.29) is 12.5 Å². The third-order valence-electron chi connectivity index (χ3n) is 3.10. The first kappa shape index (κ1) is 17.4. The minimum Gasteiger partial charge on any atom is -0.490 e. The fourth-order valence-electron chi connectivity index (χ4n) is 1.83. The van der Waals surface area contributed by atoms with Crippen LogP contribution in [0.1, 0.15) is 13.8 Å². The highest BCUT2D eigenvalue weighted by Crippen LogP contribution is 2.18. The van der Waals surface area contributed by atoms with Crippen molar-refractivity contribution in [2.75, 3.05) is 17.2 Å². The number of nitrogens with zero attached hydrogens (tertiary/aromatic N) is 1. The van der Waals surface area contributed by atoms with E-state index < -0.39 is 11.5 Å². The topological polar surface area (TPSA) is 101 Å². The number of hydrogen-bond acceptors (Lipinski definition) is 5. The van der Waals surface area contributed by atoms with Crippen LogP contribution >= 0.6 is 0 Å². The molecule has 7 nitrogen and oxygen atoms in total. The summed E-state index contributed by atoms with van der Waals surface area (Å²) in [5.41, 5.74) is -0.593. The number of aliphatic hydroxyl groups is 1. The van der Waals surface area contributed by atoms with Crippen LogP contribution in [0, 0.1) is 0 Å². The van der Waals surface area contributed by atoms with Crippen molar-refractivity contribution in [3.8, 4) is 5.75 Å². The highest BCUT2D eigenvalue weighted by Gasteiger charge is 2.31. The van der Waals surface area contributed by atoms with Gasteiger partial charge in [-0.3, -0.25) is 14.6 Å². The van der Waals surface area contributed by atoms with Gasteiger partial charge in [0.05, 0.1) is 11.9 Å². The smallest absolute Gasteiger partial charge is 0.259 e. The van der Waals surface area contributed by atoms with E-state index >= 15 is 0 Å². The van der Waals surface area contributed by atoms with Gasteiger partial charge in [-0.2, -0.15) is 0 Å². The first-order valence-electron chi connectivity index (χ1n) is 7.31. The standard InChI is InChI=1S/C17H19N3O4/c1-12(21)19-13-5-7-15(8-6-13)24-11-17(2,23)16(22)20-14-4-3-9-18-10-14/h3-10,23H,11H2,1-2H3,(H,19,21)(H,20,22)/t17-/m0/s1. The fraction of sp³-hybridized carbons (Fsp3) is 0.235. The van der Waals surface area contributed by atoms with E-state index in [4.69, 9.17) is 4.74 Å². The molecule has 0 aliphatic carbocycles. The molecule has 0 bridgehead atoms. The van der Waals surface area contributed by atoms with Crippen LogP contribution in [-0.4, -0.2) is 34.1 Å². The van der Waals surface area contributed by atoms with E-state index in [2.05, 4.69) is 15.6 Å². The number of ether oxygens (including phenoxy) is 1. The Morgan fingerprint density at radius 1 is 1.17 bits per heavy atom. The lowest BCUT2D eigenvalue weighted by molar-refractivity contribution is -0.135. The molecule has 0 saturated carbocycles. The second-order valence-electron chi connectivity index (χ2n) is 5.46. The highest BCUT2D eigenvalue weighted by atomic mass is 16.5. The molecule has 0 spiro atoms. The van der Waals surface area contributed by atoms with Crippen LogP contribution in [0.15, 0.2) is 48.8 Å². The van der Waals surface area contributed by atoms with Gasteiger partial charge < -0.3 is 20.5 Å². The number of benzene rings is 1. The summed E-state index contributed by atoms with van der Waals surface area (Å²) in [4.78, 5) is 27.0. The van der Waals surface area contributed by atoms with Gasteiger partial charge in [0, 0.05) is 18.8 Å². The molecule has 7 heteroatoms. The molecule has 24 heavy (non-hydrogen) atoms. The summed E-state index contributed by atoms with van der Waals surface area (Å²) in [6.45, 7) is 2.56. The average molecular weight is 329 g/mol. The molecule has 3 N–H and O–H groups in total. The van der Waals surface area contributed by atoms with E-state index in [9.17, 15) is 14.7 Å². The third-order valence-corrected chi connectivity index (χ3v) is 3.10. The molecule has 2 amide bonds. The van der Waals surface area contributed by atoms with Gasteiger partial charge in [-0.05, 0) is 43.3 Å². The Kier molecular flexibility index (Phi) is 5.49. The van der Waals surface area contributed by atoms with Gasteiger partial charge >= 0.3 is 0 Å². The Morgan fingerprint density at radius 3 is 2.46 bits per heavy atom. The number of carbonyl (C=O) groups is 2. The van der Waals surface area contributed by atoms with Crippen molar-refractivity contribution in [2.24, 2.45) is 0 Å². The number of amides is 2. The van der Waals surface area contributed by atoms with Crippen LogP contribution in [0.4, 0.5) is 11.4 Å². The molecule has 1 aromatic heterocycles. The molecule has 126 valence electrons. The molecular formula is C17H19N3O4. The molecule has 2 rings (SSSR count). The van der Waals surface area contributed by atoms with Crippen molar-refractivity contribution in [2.45, 2.75) is 19.4 Å². The largest absolute Gasteiger partial charge is 0.490 e. The van der Waals surface area contributed by atoms with Crippen LogP contribution in [0.5, 0.6) is 5.75 Å². The monoisotopic (exact) mass is 329 g/mol. The molecule has 1 atom stereocenters. The molecule has 1 aromatic carbocycles. The molecule has 0 fully saturated rings. The first-order valence-corrected chi connectivity index (χ1v) is 7.31. The maximum absolute atomic E-state index is 12.1. The minimum absolute atomic E-state index is 0.168. The van der Waals surface area contributed by atoms with Crippen molar-refractivity contribution in [1.29, 1.82) is 0 Å². The normalized spacial score (nSPS) is 12.8. The summed E-state index contributed by atoms with van der Waals surface area (Å²) in [7, 11) is 0. The molecule has 0 aliphatic rings. The SMILES string of the molecule is CC(=O)Nc1ccc(OC[C@](C)(O)C(=O)Nc2cccnc2)cc1. The molecule has 0 radical (unpaired) electrons. The number of rotatable bonds is 6. The quantitative estimate of drug-likeness (QED) is 0.750. The predicted molar refractivity (Wildman–Crippen MR) is 89.7 cm³/mol. The Bertz CT molecular complexity index is 700. The summed E-state index contributed by atoms with van der Waals surface area (Å²) >= 11 is 0. The van der Waals surface area contributed by atoms with Crippen LogP contribution in [0.2, 0.25) is 0 Å². The van der Waals surface area contributed by atoms with Crippen molar-refractivity contribution >= 4 is 23.2 Å². The zero-order valence-corrected chi connectivity index (χ0v) is 13.4. The lowest BCUT2D eigenvalue weighted by atomic mass is 10.1. The second-order valence-corrected chi connectivity index (χ2v) is 5.46. The Balaban J connectivity index is 1.91. The molecule has 0 saturated heterocycles. The predicted octanol–water partition coefficient (Wildman–Crippen LogP) is 1.81. The maximum Gasteiger partial charge on any atom is 0.259 e. The van der Waals surface area contributed by atoms with E-state index in [0.29, 0.717) is 17.1 Å². The van der Waals surface area contributed by atoms with Gasteiger partial charge in [0.2, 0.25) is 5.91 Å². The number of hydrogen-bond donors (Lipinski definition) is 3. The Labute approximate surface area is 139 Å². The van der Waals surface area contributed by atoms with Crippen molar-refractivity contribution in [3.63, 3.8) is 0 Å². The summed E-state index contributed by atoms with van der Waals surface area (Å²) < 4.78 is 5.45. The van der Waals surface area contributed by atoms with E-state index in [1.54, 1.807) is 42.6 Å². The zero-order chi connectivity index (χ0) is 17.6. The number of anilines is 2. The first-order chi connectivity index (χ1) is 11.4. The van der Waals surface area contributed by atoms with Crippen molar-refractivity contribution < 1.29 is 19.4 Å². The summed E-state index contributed by atoms with van der Waals surface area (Å²) in [6, 6.07) is 9.96. The Morgan fingerprint density at radius 2 is 1.88 bits per heavy atom. The van der Waals surface area contributed by atoms with E-state index in [0.717, 1.165) is 0 Å². The maximum atomic E-state index is 12.1. The van der Waals surface area contributed by atoms with Crippen molar-refractivity contribution in [1.82, 2.24) is 4.98 Å². The van der Waals surface area contributed by atoms with Crippen molar-refractivity contribution in [3.05, 3.63) is 48.8 Å². The summed E-state index contributed by atoms with van der Waals surface area (Å²) in [6.07, 6.45) is 3.07. The van der Waals surface area contributed by atoms with E-state index in [1.807, 2.05) is 0 Å². The lowest BCUT2D eigenvalue weighted by Gasteiger charge is -2.22. The zero-order valence-electron chi connectivity index (χ0n) is 13.4. The number of pyridine rings is 1. The third kappa shape index (κ3) is 5.06. The van der Waals surface area contributed by atoms with Gasteiger partial charge in [0.15, 0.2) is 5.60 Å². The van der Waals surface area contributed by atoms with Gasteiger partial charge in [-0.25, -0.2) is 0 Å². The van der Waals surface area contributed by atoms with Gasteiger partial charge in [0.25, 0.3) is 5.91 Å². The molecule has 0 unspecified atom stereocenters. The average Bonchev–Trinajstić information content (AvgIpc) is 2.54. The van der Waals surface area contributed by atoms with Gasteiger partial charge in [0.1, 0.15) is 12.4 Å². The summed E-state index contributed by atoms with van der Waals surface area (Å²) in [5.74, 6) is -0.289. The van der Waals surface area contributed by atoms with Crippen LogP contribution in [0.25, 0.3) is 0 Å². The molecule has 0 aliphatic heterocycles. The fourth-order valence-corrected chi connectivity index (χ4v) is 1.83. The molecule has 2 aromatic rings. The lowest BCUT2D eigenvalue weighted by Crippen LogP contribution is -2.45. The highest BCUT2D eigenvalue weighted by molar-refractivity contribution is 5.96. The van der Waals surface area contributed by atoms with E-state index in [1.165, 1.54) is 20.0 Å². The second kappa shape index (κ2) is 7.56.